The summed E-state index contributed by atoms with van der Waals surface area (Å²) >= 11 is 0. The van der Waals surface area contributed by atoms with Gasteiger partial charge in [-0.15, -0.1) is 0 Å². The van der Waals surface area contributed by atoms with Crippen LogP contribution in [0.15, 0.2) is 18.2 Å². The Morgan fingerprint density at radius 1 is 1.40 bits per heavy atom. The van der Waals surface area contributed by atoms with Gasteiger partial charge < -0.3 is 10.6 Å². The second-order valence-electron chi connectivity index (χ2n) is 4.49. The Labute approximate surface area is 92.1 Å². The molecule has 2 rings (SSSR count). The molecule has 0 spiro atoms. The van der Waals surface area contributed by atoms with Gasteiger partial charge in [0.1, 0.15) is 0 Å². The highest BCUT2D eigenvalue weighted by atomic mass is 15.1. The lowest BCUT2D eigenvalue weighted by Gasteiger charge is -2.25. The van der Waals surface area contributed by atoms with Crippen molar-refractivity contribution in [3.63, 3.8) is 0 Å². The van der Waals surface area contributed by atoms with E-state index in [9.17, 15) is 0 Å². The van der Waals surface area contributed by atoms with Crippen molar-refractivity contribution >= 4 is 11.4 Å². The Morgan fingerprint density at radius 2 is 2.13 bits per heavy atom. The minimum atomic E-state index is 0.907. The summed E-state index contributed by atoms with van der Waals surface area (Å²) < 4.78 is 0. The van der Waals surface area contributed by atoms with Crippen LogP contribution in [-0.2, 0) is 0 Å². The molecule has 0 bridgehead atoms. The van der Waals surface area contributed by atoms with Crippen molar-refractivity contribution in [1.82, 2.24) is 0 Å². The van der Waals surface area contributed by atoms with Crippen molar-refractivity contribution in [2.45, 2.75) is 26.7 Å². The molecule has 0 radical (unpaired) electrons. The van der Waals surface area contributed by atoms with E-state index < -0.39 is 0 Å². The van der Waals surface area contributed by atoms with Crippen molar-refractivity contribution in [3.8, 4) is 0 Å². The maximum Gasteiger partial charge on any atom is 0.0602 e. The molecule has 15 heavy (non-hydrogen) atoms. The summed E-state index contributed by atoms with van der Waals surface area (Å²) in [4.78, 5) is 2.40. The fourth-order valence-corrected chi connectivity index (χ4v) is 1.95. The average Bonchev–Trinajstić information content (AvgIpc) is 3.03. The monoisotopic (exact) mass is 204 g/mol. The maximum atomic E-state index is 6.11. The summed E-state index contributed by atoms with van der Waals surface area (Å²) in [6.07, 6.45) is 2.78. The van der Waals surface area contributed by atoms with Gasteiger partial charge in [0, 0.05) is 13.1 Å². The van der Waals surface area contributed by atoms with Crippen LogP contribution >= 0.6 is 0 Å². The molecule has 0 unspecified atom stereocenters. The van der Waals surface area contributed by atoms with Crippen LogP contribution in [0.2, 0.25) is 0 Å². The predicted octanol–water partition coefficient (Wildman–Crippen LogP) is 2.81. The molecule has 1 saturated carbocycles. The van der Waals surface area contributed by atoms with Crippen LogP contribution < -0.4 is 10.6 Å². The standard InChI is InChI=1S/C13H20N2/c1-3-15(9-11-7-8-11)12-6-4-5-10(2)13(12)14/h4-6,11H,3,7-9,14H2,1-2H3. The summed E-state index contributed by atoms with van der Waals surface area (Å²) in [7, 11) is 0. The number of hydrogen-bond donors (Lipinski definition) is 1. The summed E-state index contributed by atoms with van der Waals surface area (Å²) in [5.74, 6) is 0.907. The van der Waals surface area contributed by atoms with E-state index in [0.717, 1.165) is 18.2 Å². The topological polar surface area (TPSA) is 29.3 Å². The summed E-state index contributed by atoms with van der Waals surface area (Å²) in [6.45, 7) is 6.49. The zero-order valence-corrected chi connectivity index (χ0v) is 9.66. The minimum absolute atomic E-state index is 0.907. The first kappa shape index (κ1) is 10.3. The molecule has 0 saturated heterocycles. The number of benzene rings is 1. The number of nitrogens with two attached hydrogens (primary N) is 1. The van der Waals surface area contributed by atoms with E-state index in [1.807, 2.05) is 0 Å². The third-order valence-corrected chi connectivity index (χ3v) is 3.20. The van der Waals surface area contributed by atoms with Crippen molar-refractivity contribution < 1.29 is 0 Å². The normalized spacial score (nSPS) is 15.3. The van der Waals surface area contributed by atoms with E-state index in [1.165, 1.54) is 30.6 Å². The molecular weight excluding hydrogens is 184 g/mol. The van der Waals surface area contributed by atoms with Gasteiger partial charge in [0.15, 0.2) is 0 Å². The van der Waals surface area contributed by atoms with Gasteiger partial charge in [0.25, 0.3) is 0 Å². The van der Waals surface area contributed by atoms with Crippen molar-refractivity contribution in [1.29, 1.82) is 0 Å². The molecule has 0 aromatic heterocycles. The van der Waals surface area contributed by atoms with Crippen LogP contribution in [0, 0.1) is 12.8 Å². The Kier molecular flexibility index (Phi) is 2.85. The van der Waals surface area contributed by atoms with Crippen LogP contribution in [0.5, 0.6) is 0 Å². The number of anilines is 2. The number of aryl methyl sites for hydroxylation is 1. The van der Waals surface area contributed by atoms with Gasteiger partial charge in [-0.2, -0.15) is 0 Å². The molecule has 0 heterocycles. The molecule has 0 atom stereocenters. The molecule has 1 aromatic carbocycles. The van der Waals surface area contributed by atoms with E-state index in [-0.39, 0.29) is 0 Å². The quantitative estimate of drug-likeness (QED) is 0.764. The highest BCUT2D eigenvalue weighted by Crippen LogP contribution is 2.33. The van der Waals surface area contributed by atoms with E-state index in [4.69, 9.17) is 5.73 Å². The first-order valence-corrected chi connectivity index (χ1v) is 5.82. The van der Waals surface area contributed by atoms with Crippen LogP contribution in [0.25, 0.3) is 0 Å². The molecular formula is C13H20N2. The zero-order chi connectivity index (χ0) is 10.8. The summed E-state index contributed by atoms with van der Waals surface area (Å²) in [5, 5.41) is 0. The van der Waals surface area contributed by atoms with Gasteiger partial charge in [-0.25, -0.2) is 0 Å². The lowest BCUT2D eigenvalue weighted by Crippen LogP contribution is -2.26. The highest BCUT2D eigenvalue weighted by molar-refractivity contribution is 5.70. The number of para-hydroxylation sites is 1. The van der Waals surface area contributed by atoms with Gasteiger partial charge in [-0.3, -0.25) is 0 Å². The van der Waals surface area contributed by atoms with Gasteiger partial charge in [0.2, 0.25) is 0 Å². The summed E-state index contributed by atoms with van der Waals surface area (Å²) in [5.41, 5.74) is 9.45. The fraction of sp³-hybridized carbons (Fsp3) is 0.538. The van der Waals surface area contributed by atoms with E-state index in [0.29, 0.717) is 0 Å². The molecule has 1 aliphatic carbocycles. The Morgan fingerprint density at radius 3 is 2.73 bits per heavy atom. The average molecular weight is 204 g/mol. The third kappa shape index (κ3) is 2.25. The Bertz CT molecular complexity index is 342. The zero-order valence-electron chi connectivity index (χ0n) is 9.66. The van der Waals surface area contributed by atoms with E-state index in [1.54, 1.807) is 0 Å². The molecule has 0 amide bonds. The van der Waals surface area contributed by atoms with Crippen LogP contribution in [0.3, 0.4) is 0 Å². The largest absolute Gasteiger partial charge is 0.397 e. The lowest BCUT2D eigenvalue weighted by atomic mass is 10.1. The molecule has 2 heteroatoms. The fourth-order valence-electron chi connectivity index (χ4n) is 1.95. The summed E-state index contributed by atoms with van der Waals surface area (Å²) in [6, 6.07) is 6.30. The van der Waals surface area contributed by atoms with Crippen LogP contribution in [0.1, 0.15) is 25.3 Å². The molecule has 2 nitrogen and oxygen atoms in total. The molecule has 1 aromatic rings. The lowest BCUT2D eigenvalue weighted by molar-refractivity contribution is 0.742. The molecule has 0 aliphatic heterocycles. The second-order valence-corrected chi connectivity index (χ2v) is 4.49. The molecule has 2 N–H and O–H groups in total. The number of nitrogens with zero attached hydrogens (tertiary/aromatic N) is 1. The number of nitrogen functional groups attached to an aromatic ring is 1. The third-order valence-electron chi connectivity index (χ3n) is 3.20. The van der Waals surface area contributed by atoms with Gasteiger partial charge in [-0.1, -0.05) is 12.1 Å². The first-order valence-electron chi connectivity index (χ1n) is 5.82. The van der Waals surface area contributed by atoms with Crippen LogP contribution in [-0.4, -0.2) is 13.1 Å². The SMILES string of the molecule is CCN(CC1CC1)c1cccc(C)c1N. The molecule has 1 fully saturated rings. The predicted molar refractivity (Wildman–Crippen MR) is 66.2 cm³/mol. The minimum Gasteiger partial charge on any atom is -0.397 e. The molecule has 82 valence electrons. The van der Waals surface area contributed by atoms with Gasteiger partial charge in [-0.05, 0) is 44.2 Å². The smallest absolute Gasteiger partial charge is 0.0602 e. The Balaban J connectivity index is 2.20. The van der Waals surface area contributed by atoms with Crippen molar-refractivity contribution in [2.75, 3.05) is 23.7 Å². The second kappa shape index (κ2) is 4.13. The number of rotatable bonds is 4. The van der Waals surface area contributed by atoms with E-state index >= 15 is 0 Å². The Hall–Kier alpha value is -1.18. The van der Waals surface area contributed by atoms with Crippen molar-refractivity contribution in [2.24, 2.45) is 5.92 Å². The van der Waals surface area contributed by atoms with Gasteiger partial charge >= 0.3 is 0 Å². The van der Waals surface area contributed by atoms with Crippen molar-refractivity contribution in [3.05, 3.63) is 23.8 Å². The molecule has 1 aliphatic rings. The van der Waals surface area contributed by atoms with E-state index in [2.05, 4.69) is 36.9 Å². The highest BCUT2D eigenvalue weighted by Gasteiger charge is 2.24. The van der Waals surface area contributed by atoms with Crippen LogP contribution in [0.4, 0.5) is 11.4 Å². The maximum absolute atomic E-state index is 6.11. The number of hydrogen-bond acceptors (Lipinski definition) is 2. The van der Waals surface area contributed by atoms with Gasteiger partial charge in [0.05, 0.1) is 11.4 Å². The first-order chi connectivity index (χ1) is 7.22.